The summed E-state index contributed by atoms with van der Waals surface area (Å²) in [6.45, 7) is -0.0618. The zero-order chi connectivity index (χ0) is 30.5. The van der Waals surface area contributed by atoms with Gasteiger partial charge in [0.05, 0.1) is 35.0 Å². The molecule has 3 heterocycles. The summed E-state index contributed by atoms with van der Waals surface area (Å²) in [5.74, 6) is -5.66. The van der Waals surface area contributed by atoms with Gasteiger partial charge in [0.25, 0.3) is 5.56 Å². The predicted molar refractivity (Wildman–Crippen MR) is 151 cm³/mol. The maximum absolute atomic E-state index is 14.1. The molecular weight excluding hydrogens is 585 g/mol. The molecule has 10 nitrogen and oxygen atoms in total. The molecule has 0 spiro atoms. The third-order valence-corrected chi connectivity index (χ3v) is 10.2. The van der Waals surface area contributed by atoms with Crippen molar-refractivity contribution < 1.29 is 26.4 Å². The highest BCUT2D eigenvalue weighted by atomic mass is 32.2. The molecular formula is C29H29F3N6O4S. The zero-order valence-corrected chi connectivity index (χ0v) is 24.1. The second kappa shape index (κ2) is 11.2. The van der Waals surface area contributed by atoms with E-state index in [4.69, 9.17) is 0 Å². The minimum absolute atomic E-state index is 0.00647. The van der Waals surface area contributed by atoms with Gasteiger partial charge in [-0.15, -0.1) is 0 Å². The quantitative estimate of drug-likeness (QED) is 0.291. The molecule has 4 aromatic rings. The second-order valence-electron chi connectivity index (χ2n) is 11.0. The van der Waals surface area contributed by atoms with Gasteiger partial charge in [-0.05, 0) is 49.6 Å². The Bertz CT molecular complexity index is 1860. The molecule has 1 aliphatic carbocycles. The fraction of sp³-hybridized carbons (Fsp3) is 0.379. The highest BCUT2D eigenvalue weighted by Crippen LogP contribution is 2.33. The maximum atomic E-state index is 14.1. The van der Waals surface area contributed by atoms with E-state index < -0.39 is 44.3 Å². The number of fused-ring (bicyclic) bond motifs is 1. The highest BCUT2D eigenvalue weighted by Gasteiger charge is 2.45. The predicted octanol–water partition coefficient (Wildman–Crippen LogP) is 4.05. The van der Waals surface area contributed by atoms with E-state index in [0.717, 1.165) is 30.0 Å². The Balaban J connectivity index is 1.35. The minimum Gasteiger partial charge on any atom is -0.334 e. The van der Waals surface area contributed by atoms with Gasteiger partial charge in [-0.2, -0.15) is 9.40 Å². The van der Waals surface area contributed by atoms with Gasteiger partial charge in [-0.25, -0.2) is 31.3 Å². The number of carbonyl (C=O) groups excluding carboxylic acids is 1. The van der Waals surface area contributed by atoms with Crippen molar-refractivity contribution >= 4 is 32.4 Å². The number of imidazole rings is 1. The maximum Gasteiger partial charge on any atom is 0.274 e. The smallest absolute Gasteiger partial charge is 0.274 e. The van der Waals surface area contributed by atoms with Crippen LogP contribution in [-0.2, 0) is 28.4 Å². The van der Waals surface area contributed by atoms with Gasteiger partial charge in [-0.3, -0.25) is 9.59 Å². The summed E-state index contributed by atoms with van der Waals surface area (Å²) in [7, 11) is -3.01. The Labute approximate surface area is 245 Å². The average Bonchev–Trinajstić information content (AvgIpc) is 3.44. The van der Waals surface area contributed by atoms with Crippen LogP contribution in [0, 0.1) is 17.5 Å². The van der Waals surface area contributed by atoms with Gasteiger partial charge in [0.2, 0.25) is 15.9 Å². The lowest BCUT2D eigenvalue weighted by molar-refractivity contribution is -0.125. The number of rotatable bonds is 7. The van der Waals surface area contributed by atoms with Crippen molar-refractivity contribution in [2.24, 2.45) is 7.05 Å². The molecule has 43 heavy (non-hydrogen) atoms. The van der Waals surface area contributed by atoms with Gasteiger partial charge in [-0.1, -0.05) is 19.3 Å². The summed E-state index contributed by atoms with van der Waals surface area (Å²) in [5.41, 5.74) is 0.656. The number of hydrogen-bond acceptors (Lipinski definition) is 6. The van der Waals surface area contributed by atoms with Crippen LogP contribution in [0.2, 0.25) is 0 Å². The number of benzene rings is 2. The van der Waals surface area contributed by atoms with Crippen molar-refractivity contribution in [3.63, 3.8) is 0 Å². The van der Waals surface area contributed by atoms with Crippen LogP contribution >= 0.6 is 0 Å². The molecule has 14 heteroatoms. The summed E-state index contributed by atoms with van der Waals surface area (Å²) >= 11 is 0. The summed E-state index contributed by atoms with van der Waals surface area (Å²) in [4.78, 5) is 31.8. The molecule has 2 aliphatic rings. The Kier molecular flexibility index (Phi) is 7.59. The fourth-order valence-corrected chi connectivity index (χ4v) is 7.44. The molecule has 6 rings (SSSR count). The van der Waals surface area contributed by atoms with E-state index in [-0.39, 0.29) is 25.1 Å². The number of carbonyl (C=O) groups is 1. The molecule has 226 valence electrons. The molecule has 2 fully saturated rings. The van der Waals surface area contributed by atoms with Crippen LogP contribution in [-0.4, -0.2) is 50.5 Å². The van der Waals surface area contributed by atoms with Gasteiger partial charge in [0, 0.05) is 36.9 Å². The van der Waals surface area contributed by atoms with E-state index in [1.807, 2.05) is 10.8 Å². The van der Waals surface area contributed by atoms with Gasteiger partial charge >= 0.3 is 0 Å². The molecule has 2 aromatic heterocycles. The third-order valence-electron chi connectivity index (χ3n) is 8.30. The lowest BCUT2D eigenvalue weighted by Crippen LogP contribution is -2.59. The van der Waals surface area contributed by atoms with Gasteiger partial charge < -0.3 is 9.47 Å². The van der Waals surface area contributed by atoms with Crippen LogP contribution in [0.5, 0.6) is 0 Å². The lowest BCUT2D eigenvalue weighted by atomic mass is 9.95. The average molecular weight is 615 g/mol. The van der Waals surface area contributed by atoms with Crippen LogP contribution in [0.25, 0.3) is 10.8 Å². The Morgan fingerprint density at radius 3 is 2.44 bits per heavy atom. The SMILES string of the molecule is Cn1ncc2cc(N(Cc3cn(C4CCCCC4)cn3)C(=O)[C@H]3CCN3S(=O)(=O)c3cc(F)c(F)c(F)c3)ccc2c1=O. The van der Waals surface area contributed by atoms with Crippen molar-refractivity contribution in [3.8, 4) is 0 Å². The van der Waals surface area contributed by atoms with Crippen molar-refractivity contribution in [1.82, 2.24) is 23.6 Å². The molecule has 0 radical (unpaired) electrons. The third kappa shape index (κ3) is 5.33. The molecule has 1 atom stereocenters. The highest BCUT2D eigenvalue weighted by molar-refractivity contribution is 7.89. The van der Waals surface area contributed by atoms with Crippen LogP contribution < -0.4 is 10.5 Å². The number of anilines is 1. The first-order valence-electron chi connectivity index (χ1n) is 14.0. The minimum atomic E-state index is -4.54. The summed E-state index contributed by atoms with van der Waals surface area (Å²) in [6, 6.07) is 4.74. The molecule has 1 amide bonds. The Morgan fingerprint density at radius 1 is 1.05 bits per heavy atom. The van der Waals surface area contributed by atoms with Crippen LogP contribution in [0.15, 0.2) is 58.7 Å². The standard InChI is InChI=1S/C29H29F3N6O4S/c1-35-28(39)23-8-7-21(11-18(23)14-34-35)37(16-19-15-36(17-33-19)20-5-3-2-4-6-20)29(40)26-9-10-38(26)43(41,42)22-12-24(30)27(32)25(31)13-22/h7-8,11-15,17,20,26H,2-6,9-10,16H2,1H3/t26-/m1/s1. The first-order valence-corrected chi connectivity index (χ1v) is 15.4. The number of aryl methyl sites for hydroxylation is 1. The van der Waals surface area contributed by atoms with E-state index in [2.05, 4.69) is 10.1 Å². The van der Waals surface area contributed by atoms with E-state index in [0.29, 0.717) is 40.3 Å². The molecule has 1 saturated carbocycles. The van der Waals surface area contributed by atoms with Crippen molar-refractivity contribution in [2.75, 3.05) is 11.4 Å². The fourth-order valence-electron chi connectivity index (χ4n) is 5.79. The van der Waals surface area contributed by atoms with E-state index >= 15 is 0 Å². The van der Waals surface area contributed by atoms with E-state index in [1.165, 1.54) is 29.2 Å². The van der Waals surface area contributed by atoms with Gasteiger partial charge in [0.1, 0.15) is 6.04 Å². The molecule has 0 unspecified atom stereocenters. The molecule has 1 aliphatic heterocycles. The summed E-state index contributed by atoms with van der Waals surface area (Å²) < 4.78 is 72.1. The van der Waals surface area contributed by atoms with Crippen molar-refractivity contribution in [2.45, 2.75) is 62.0 Å². The number of halogens is 3. The van der Waals surface area contributed by atoms with Crippen LogP contribution in [0.3, 0.4) is 0 Å². The molecule has 1 saturated heterocycles. The molecule has 2 aromatic carbocycles. The summed E-state index contributed by atoms with van der Waals surface area (Å²) in [6.07, 6.45) is 10.8. The monoisotopic (exact) mass is 614 g/mol. The van der Waals surface area contributed by atoms with Crippen molar-refractivity contribution in [1.29, 1.82) is 0 Å². The number of amides is 1. The Morgan fingerprint density at radius 2 is 1.77 bits per heavy atom. The van der Waals surface area contributed by atoms with E-state index in [9.17, 15) is 31.2 Å². The normalized spacial score (nSPS) is 18.1. The number of hydrogen-bond donors (Lipinski definition) is 0. The second-order valence-corrected chi connectivity index (χ2v) is 12.9. The van der Waals surface area contributed by atoms with Gasteiger partial charge in [0.15, 0.2) is 17.5 Å². The Hall–Kier alpha value is -4.04. The first-order chi connectivity index (χ1) is 20.5. The van der Waals surface area contributed by atoms with Crippen LogP contribution in [0.1, 0.15) is 50.3 Å². The van der Waals surface area contributed by atoms with Crippen LogP contribution in [0.4, 0.5) is 18.9 Å². The topological polar surface area (TPSA) is 110 Å². The number of nitrogens with zero attached hydrogens (tertiary/aromatic N) is 6. The zero-order valence-electron chi connectivity index (χ0n) is 23.3. The van der Waals surface area contributed by atoms with E-state index in [1.54, 1.807) is 24.5 Å². The molecule has 0 bridgehead atoms. The first kappa shape index (κ1) is 29.1. The summed E-state index contributed by atoms with van der Waals surface area (Å²) in [5, 5.41) is 4.94. The number of aromatic nitrogens is 4. The lowest BCUT2D eigenvalue weighted by Gasteiger charge is -2.41. The number of sulfonamides is 1. The molecule has 0 N–H and O–H groups in total. The largest absolute Gasteiger partial charge is 0.334 e. The van der Waals surface area contributed by atoms with Crippen molar-refractivity contribution in [3.05, 3.63) is 82.6 Å².